The fourth-order valence-electron chi connectivity index (χ4n) is 4.08. The van der Waals surface area contributed by atoms with Crippen LogP contribution in [0.3, 0.4) is 0 Å². The Kier molecular flexibility index (Phi) is 8.91. The van der Waals surface area contributed by atoms with Crippen LogP contribution in [0.15, 0.2) is 18.2 Å². The lowest BCUT2D eigenvalue weighted by atomic mass is 9.79. The number of benzene rings is 1. The summed E-state index contributed by atoms with van der Waals surface area (Å²) in [7, 11) is 0. The molecule has 0 amide bonds. The molecule has 1 heterocycles. The largest absolute Gasteiger partial charge is 0.481 e. The number of unbranched alkanes of at least 4 members (excludes halogenated alkanes) is 9. The lowest BCUT2D eigenvalue weighted by Gasteiger charge is -2.30. The van der Waals surface area contributed by atoms with E-state index in [0.717, 1.165) is 24.9 Å². The van der Waals surface area contributed by atoms with Crippen molar-refractivity contribution in [2.24, 2.45) is 5.92 Å². The van der Waals surface area contributed by atoms with Crippen LogP contribution in [-0.4, -0.2) is 22.7 Å². The molecule has 1 aromatic carbocycles. The molecule has 0 radical (unpaired) electrons. The standard InChI is InChI=1S/C22H34ClNO3/c1-2-3-4-5-6-7-8-9-10-11-12-19(21(25)26)22(27)16-24-20-15-17(23)13-14-18(20)22/h13-15,19,24,27H,2-12,16H2,1H3,(H,25,26). The van der Waals surface area contributed by atoms with Gasteiger partial charge < -0.3 is 15.5 Å². The molecule has 0 bridgehead atoms. The number of hydrogen-bond donors (Lipinski definition) is 3. The van der Waals surface area contributed by atoms with Gasteiger partial charge in [-0.1, -0.05) is 88.8 Å². The van der Waals surface area contributed by atoms with E-state index in [2.05, 4.69) is 12.2 Å². The van der Waals surface area contributed by atoms with Gasteiger partial charge in [0.2, 0.25) is 0 Å². The van der Waals surface area contributed by atoms with Crippen LogP contribution in [-0.2, 0) is 10.4 Å². The molecular formula is C22H34ClNO3. The number of halogens is 1. The van der Waals surface area contributed by atoms with E-state index in [0.29, 0.717) is 17.0 Å². The number of carboxylic acids is 1. The van der Waals surface area contributed by atoms with Crippen molar-refractivity contribution in [2.45, 2.75) is 83.2 Å². The Labute approximate surface area is 168 Å². The first-order valence-corrected chi connectivity index (χ1v) is 10.9. The Hall–Kier alpha value is -1.26. The first-order chi connectivity index (χ1) is 13.0. The molecule has 0 saturated heterocycles. The van der Waals surface area contributed by atoms with Crippen LogP contribution in [0.25, 0.3) is 0 Å². The van der Waals surface area contributed by atoms with Gasteiger partial charge in [0, 0.05) is 22.8 Å². The number of carbonyl (C=O) groups is 1. The lowest BCUT2D eigenvalue weighted by Crippen LogP contribution is -2.41. The molecule has 0 aromatic heterocycles. The van der Waals surface area contributed by atoms with Crippen LogP contribution in [0, 0.1) is 5.92 Å². The Morgan fingerprint density at radius 3 is 2.30 bits per heavy atom. The van der Waals surface area contributed by atoms with Crippen molar-refractivity contribution in [3.05, 3.63) is 28.8 Å². The van der Waals surface area contributed by atoms with Crippen molar-refractivity contribution in [2.75, 3.05) is 11.9 Å². The van der Waals surface area contributed by atoms with Crippen LogP contribution in [0.2, 0.25) is 5.02 Å². The Morgan fingerprint density at radius 2 is 1.70 bits per heavy atom. The molecule has 0 fully saturated rings. The highest BCUT2D eigenvalue weighted by Crippen LogP contribution is 2.43. The molecule has 1 aromatic rings. The van der Waals surface area contributed by atoms with Crippen LogP contribution < -0.4 is 5.32 Å². The van der Waals surface area contributed by atoms with Crippen molar-refractivity contribution in [1.82, 2.24) is 0 Å². The van der Waals surface area contributed by atoms with Gasteiger partial charge in [0.15, 0.2) is 0 Å². The summed E-state index contributed by atoms with van der Waals surface area (Å²) >= 11 is 6.00. The summed E-state index contributed by atoms with van der Waals surface area (Å²) in [6.07, 6.45) is 12.6. The minimum atomic E-state index is -1.37. The number of β-amino-alcohol motifs (C(OH)–C–C–N with tert-alkyl or cyclic N) is 1. The van der Waals surface area contributed by atoms with Crippen molar-refractivity contribution in [3.63, 3.8) is 0 Å². The summed E-state index contributed by atoms with van der Waals surface area (Å²) < 4.78 is 0. The lowest BCUT2D eigenvalue weighted by molar-refractivity contribution is -0.152. The molecule has 2 atom stereocenters. The van der Waals surface area contributed by atoms with Gasteiger partial charge in [0.05, 0.1) is 5.92 Å². The second kappa shape index (κ2) is 10.9. The fraction of sp³-hybridized carbons (Fsp3) is 0.682. The molecule has 1 aliphatic rings. The molecule has 0 saturated carbocycles. The molecule has 152 valence electrons. The topological polar surface area (TPSA) is 69.6 Å². The average molecular weight is 396 g/mol. The molecule has 27 heavy (non-hydrogen) atoms. The highest BCUT2D eigenvalue weighted by atomic mass is 35.5. The second-order valence-electron chi connectivity index (χ2n) is 7.83. The van der Waals surface area contributed by atoms with Gasteiger partial charge in [-0.3, -0.25) is 4.79 Å². The summed E-state index contributed by atoms with van der Waals surface area (Å²) in [6.45, 7) is 2.45. The van der Waals surface area contributed by atoms with Gasteiger partial charge in [-0.2, -0.15) is 0 Å². The number of aliphatic carboxylic acids is 1. The van der Waals surface area contributed by atoms with Crippen molar-refractivity contribution < 1.29 is 15.0 Å². The molecule has 4 nitrogen and oxygen atoms in total. The van der Waals surface area contributed by atoms with Crippen LogP contribution in [0.5, 0.6) is 0 Å². The van der Waals surface area contributed by atoms with E-state index in [1.54, 1.807) is 18.2 Å². The Bertz CT molecular complexity index is 607. The summed E-state index contributed by atoms with van der Waals surface area (Å²) in [5.41, 5.74) is 0.0103. The maximum absolute atomic E-state index is 11.8. The minimum Gasteiger partial charge on any atom is -0.481 e. The van der Waals surface area contributed by atoms with Gasteiger partial charge >= 0.3 is 5.97 Å². The average Bonchev–Trinajstić information content (AvgIpc) is 2.96. The predicted molar refractivity (Wildman–Crippen MR) is 111 cm³/mol. The molecule has 5 heteroatoms. The van der Waals surface area contributed by atoms with Crippen LogP contribution in [0.4, 0.5) is 5.69 Å². The van der Waals surface area contributed by atoms with Crippen molar-refractivity contribution in [1.29, 1.82) is 0 Å². The number of anilines is 1. The normalized spacial score (nSPS) is 19.5. The molecule has 2 unspecified atom stereocenters. The fourth-order valence-corrected chi connectivity index (χ4v) is 4.25. The highest BCUT2D eigenvalue weighted by molar-refractivity contribution is 6.30. The molecule has 0 spiro atoms. The summed E-state index contributed by atoms with van der Waals surface area (Å²) in [4.78, 5) is 11.8. The third-order valence-electron chi connectivity index (χ3n) is 5.72. The van der Waals surface area contributed by atoms with E-state index in [1.165, 1.54) is 44.9 Å². The van der Waals surface area contributed by atoms with Gasteiger partial charge in [-0.15, -0.1) is 0 Å². The molecule has 1 aliphatic heterocycles. The molecular weight excluding hydrogens is 362 g/mol. The van der Waals surface area contributed by atoms with Crippen LogP contribution in [0.1, 0.15) is 83.1 Å². The second-order valence-corrected chi connectivity index (χ2v) is 8.27. The van der Waals surface area contributed by atoms with E-state index in [1.807, 2.05) is 0 Å². The maximum atomic E-state index is 11.8. The zero-order valence-corrected chi connectivity index (χ0v) is 17.2. The van der Waals surface area contributed by atoms with Crippen molar-refractivity contribution in [3.8, 4) is 0 Å². The number of aliphatic hydroxyl groups is 1. The number of rotatable bonds is 13. The van der Waals surface area contributed by atoms with Crippen molar-refractivity contribution >= 4 is 23.3 Å². The Morgan fingerprint density at radius 1 is 1.11 bits per heavy atom. The Balaban J connectivity index is 1.76. The molecule has 2 rings (SSSR count). The van der Waals surface area contributed by atoms with E-state index in [4.69, 9.17) is 11.6 Å². The van der Waals surface area contributed by atoms with Gasteiger partial charge in [0.25, 0.3) is 0 Å². The monoisotopic (exact) mass is 395 g/mol. The summed E-state index contributed by atoms with van der Waals surface area (Å²) in [6, 6.07) is 5.19. The quantitative estimate of drug-likeness (QED) is 0.360. The predicted octanol–water partition coefficient (Wildman–Crippen LogP) is 5.96. The number of carboxylic acid groups (broad SMARTS) is 1. The minimum absolute atomic E-state index is 0.220. The van der Waals surface area contributed by atoms with E-state index in [9.17, 15) is 15.0 Å². The van der Waals surface area contributed by atoms with Gasteiger partial charge in [0.1, 0.15) is 5.60 Å². The van der Waals surface area contributed by atoms with E-state index < -0.39 is 17.5 Å². The SMILES string of the molecule is CCCCCCCCCCCCC(C(=O)O)C1(O)CNc2cc(Cl)ccc21. The van der Waals surface area contributed by atoms with E-state index in [-0.39, 0.29) is 6.54 Å². The number of hydrogen-bond acceptors (Lipinski definition) is 3. The zero-order chi connectivity index (χ0) is 19.7. The van der Waals surface area contributed by atoms with Gasteiger partial charge in [-0.25, -0.2) is 0 Å². The zero-order valence-electron chi connectivity index (χ0n) is 16.5. The summed E-state index contributed by atoms with van der Waals surface area (Å²) in [5, 5.41) is 24.5. The molecule has 0 aliphatic carbocycles. The van der Waals surface area contributed by atoms with Crippen LogP contribution >= 0.6 is 11.6 Å². The number of nitrogens with one attached hydrogen (secondary N) is 1. The van der Waals surface area contributed by atoms with Gasteiger partial charge in [-0.05, 0) is 18.6 Å². The first-order valence-electron chi connectivity index (χ1n) is 10.5. The first kappa shape index (κ1) is 22.0. The summed E-state index contributed by atoms with van der Waals surface area (Å²) in [5.74, 6) is -1.74. The third-order valence-corrected chi connectivity index (χ3v) is 5.95. The highest BCUT2D eigenvalue weighted by Gasteiger charge is 2.47. The van der Waals surface area contributed by atoms with E-state index >= 15 is 0 Å². The maximum Gasteiger partial charge on any atom is 0.309 e. The third kappa shape index (κ3) is 6.11. The number of fused-ring (bicyclic) bond motifs is 1. The smallest absolute Gasteiger partial charge is 0.309 e. The molecule has 3 N–H and O–H groups in total.